The molecule has 0 bridgehead atoms. The molecule has 1 aromatic carbocycles. The van der Waals surface area contributed by atoms with E-state index in [0.29, 0.717) is 12.1 Å². The van der Waals surface area contributed by atoms with Crippen molar-refractivity contribution in [1.82, 2.24) is 5.32 Å². The Kier molecular flexibility index (Phi) is 3.23. The van der Waals surface area contributed by atoms with Crippen molar-refractivity contribution in [2.24, 2.45) is 0 Å². The monoisotopic (exact) mass is 217 g/mol. The van der Waals surface area contributed by atoms with Gasteiger partial charge in [-0.25, -0.2) is 12.8 Å². The maximum atomic E-state index is 13.3. The number of benzene rings is 1. The molecule has 0 radical (unpaired) electrons. The average Bonchev–Trinajstić information content (AvgIpc) is 2.07. The van der Waals surface area contributed by atoms with Crippen molar-refractivity contribution < 1.29 is 12.8 Å². The largest absolute Gasteiger partial charge is 0.316 e. The van der Waals surface area contributed by atoms with Gasteiger partial charge in [0.15, 0.2) is 9.84 Å². The van der Waals surface area contributed by atoms with Gasteiger partial charge in [-0.2, -0.15) is 0 Å². The van der Waals surface area contributed by atoms with E-state index in [9.17, 15) is 12.8 Å². The highest BCUT2D eigenvalue weighted by Gasteiger charge is 2.10. The van der Waals surface area contributed by atoms with Crippen LogP contribution in [0.1, 0.15) is 5.56 Å². The van der Waals surface area contributed by atoms with Crippen molar-refractivity contribution in [3.63, 3.8) is 0 Å². The van der Waals surface area contributed by atoms with Gasteiger partial charge >= 0.3 is 0 Å². The molecule has 3 nitrogen and oxygen atoms in total. The van der Waals surface area contributed by atoms with E-state index in [1.807, 2.05) is 0 Å². The Balaban J connectivity index is 3.13. The number of hydrogen-bond donors (Lipinski definition) is 1. The van der Waals surface area contributed by atoms with Crippen LogP contribution < -0.4 is 5.32 Å². The number of halogens is 1. The predicted molar refractivity (Wildman–Crippen MR) is 52.3 cm³/mol. The molecule has 1 rings (SSSR count). The molecule has 0 aliphatic heterocycles. The summed E-state index contributed by atoms with van der Waals surface area (Å²) < 4.78 is 35.4. The summed E-state index contributed by atoms with van der Waals surface area (Å²) >= 11 is 0. The molecule has 0 spiro atoms. The minimum Gasteiger partial charge on any atom is -0.316 e. The first kappa shape index (κ1) is 11.1. The predicted octanol–water partition coefficient (Wildman–Crippen LogP) is 0.949. The van der Waals surface area contributed by atoms with Gasteiger partial charge in [-0.05, 0) is 19.2 Å². The fourth-order valence-corrected chi connectivity index (χ4v) is 1.73. The Hall–Kier alpha value is -0.940. The summed E-state index contributed by atoms with van der Waals surface area (Å²) in [6, 6.07) is 3.93. The third-order valence-electron chi connectivity index (χ3n) is 1.82. The summed E-state index contributed by atoms with van der Waals surface area (Å²) in [4.78, 5) is 0.00912. The van der Waals surface area contributed by atoms with Gasteiger partial charge in [0, 0.05) is 18.4 Å². The van der Waals surface area contributed by atoms with Crippen LogP contribution in [0, 0.1) is 5.82 Å². The zero-order chi connectivity index (χ0) is 10.8. The van der Waals surface area contributed by atoms with Gasteiger partial charge in [0.25, 0.3) is 0 Å². The third kappa shape index (κ3) is 2.52. The molecule has 1 aromatic rings. The zero-order valence-electron chi connectivity index (χ0n) is 8.04. The fourth-order valence-electron chi connectivity index (χ4n) is 1.09. The van der Waals surface area contributed by atoms with Crippen LogP contribution in [-0.2, 0) is 16.4 Å². The van der Waals surface area contributed by atoms with Crippen LogP contribution in [0.2, 0.25) is 0 Å². The molecule has 0 heterocycles. The van der Waals surface area contributed by atoms with Gasteiger partial charge in [0.2, 0.25) is 0 Å². The Morgan fingerprint density at radius 3 is 2.50 bits per heavy atom. The van der Waals surface area contributed by atoms with E-state index in [2.05, 4.69) is 5.32 Å². The molecule has 1 N–H and O–H groups in total. The normalized spacial score (nSPS) is 11.6. The van der Waals surface area contributed by atoms with Crippen molar-refractivity contribution in [2.75, 3.05) is 13.3 Å². The molecular weight excluding hydrogens is 205 g/mol. The fraction of sp³-hybridized carbons (Fsp3) is 0.333. The molecule has 0 atom stereocenters. The van der Waals surface area contributed by atoms with E-state index in [0.717, 1.165) is 12.3 Å². The first-order valence-electron chi connectivity index (χ1n) is 4.08. The maximum absolute atomic E-state index is 13.3. The quantitative estimate of drug-likeness (QED) is 0.820. The second-order valence-corrected chi connectivity index (χ2v) is 5.07. The summed E-state index contributed by atoms with van der Waals surface area (Å²) in [5.41, 5.74) is 0.458. The van der Waals surface area contributed by atoms with Gasteiger partial charge in [-0.3, -0.25) is 0 Å². The minimum absolute atomic E-state index is 0.00912. The molecule has 0 unspecified atom stereocenters. The van der Waals surface area contributed by atoms with Gasteiger partial charge in [0.1, 0.15) is 5.82 Å². The average molecular weight is 217 g/mol. The van der Waals surface area contributed by atoms with Crippen LogP contribution in [-0.4, -0.2) is 21.7 Å². The number of hydrogen-bond acceptors (Lipinski definition) is 3. The lowest BCUT2D eigenvalue weighted by Crippen LogP contribution is -2.08. The van der Waals surface area contributed by atoms with Crippen molar-refractivity contribution in [3.8, 4) is 0 Å². The topological polar surface area (TPSA) is 46.2 Å². The molecule has 14 heavy (non-hydrogen) atoms. The lowest BCUT2D eigenvalue weighted by Gasteiger charge is -2.04. The summed E-state index contributed by atoms with van der Waals surface area (Å²) in [6.45, 7) is 0.385. The SMILES string of the molecule is CNCc1ccc(S(C)(=O)=O)cc1F. The van der Waals surface area contributed by atoms with E-state index in [1.54, 1.807) is 7.05 Å². The Morgan fingerprint density at radius 2 is 2.07 bits per heavy atom. The Bertz CT molecular complexity index is 428. The summed E-state index contributed by atoms with van der Waals surface area (Å²) in [5.74, 6) is -0.498. The third-order valence-corrected chi connectivity index (χ3v) is 2.93. The molecule has 0 fully saturated rings. The maximum Gasteiger partial charge on any atom is 0.175 e. The standard InChI is InChI=1S/C9H12FNO2S/c1-11-6-7-3-4-8(5-9(7)10)14(2,12)13/h3-5,11H,6H2,1-2H3. The summed E-state index contributed by atoms with van der Waals surface area (Å²) in [7, 11) is -1.62. The molecule has 0 saturated carbocycles. The number of nitrogens with one attached hydrogen (secondary N) is 1. The zero-order valence-corrected chi connectivity index (χ0v) is 8.86. The summed E-state index contributed by atoms with van der Waals surface area (Å²) in [6.07, 6.45) is 1.06. The number of sulfone groups is 1. The molecule has 5 heteroatoms. The van der Waals surface area contributed by atoms with Crippen molar-refractivity contribution >= 4 is 9.84 Å². The second-order valence-electron chi connectivity index (χ2n) is 3.06. The molecular formula is C9H12FNO2S. The highest BCUT2D eigenvalue weighted by molar-refractivity contribution is 7.90. The van der Waals surface area contributed by atoms with E-state index >= 15 is 0 Å². The van der Waals surface area contributed by atoms with E-state index < -0.39 is 15.7 Å². The Labute approximate surface area is 82.9 Å². The van der Waals surface area contributed by atoms with Crippen molar-refractivity contribution in [2.45, 2.75) is 11.4 Å². The molecule has 0 amide bonds. The molecule has 0 aliphatic carbocycles. The minimum atomic E-state index is -3.32. The van der Waals surface area contributed by atoms with Crippen LogP contribution in [0.5, 0.6) is 0 Å². The Morgan fingerprint density at radius 1 is 1.43 bits per heavy atom. The highest BCUT2D eigenvalue weighted by atomic mass is 32.2. The number of rotatable bonds is 3. The van der Waals surface area contributed by atoms with Crippen LogP contribution >= 0.6 is 0 Å². The first-order chi connectivity index (χ1) is 6.45. The van der Waals surface area contributed by atoms with E-state index in [-0.39, 0.29) is 4.90 Å². The van der Waals surface area contributed by atoms with Gasteiger partial charge in [0.05, 0.1) is 4.90 Å². The van der Waals surface area contributed by atoms with Crippen LogP contribution in [0.3, 0.4) is 0 Å². The summed E-state index contributed by atoms with van der Waals surface area (Å²) in [5, 5.41) is 2.79. The van der Waals surface area contributed by atoms with Crippen LogP contribution in [0.4, 0.5) is 4.39 Å². The van der Waals surface area contributed by atoms with Gasteiger partial charge in [-0.15, -0.1) is 0 Å². The first-order valence-corrected chi connectivity index (χ1v) is 5.97. The lowest BCUT2D eigenvalue weighted by atomic mass is 10.2. The smallest absolute Gasteiger partial charge is 0.175 e. The molecule has 0 aromatic heterocycles. The second kappa shape index (κ2) is 4.06. The molecule has 0 saturated heterocycles. The van der Waals surface area contributed by atoms with Crippen molar-refractivity contribution in [3.05, 3.63) is 29.6 Å². The van der Waals surface area contributed by atoms with Crippen LogP contribution in [0.25, 0.3) is 0 Å². The van der Waals surface area contributed by atoms with Gasteiger partial charge < -0.3 is 5.32 Å². The van der Waals surface area contributed by atoms with Crippen molar-refractivity contribution in [1.29, 1.82) is 0 Å². The van der Waals surface area contributed by atoms with E-state index in [1.165, 1.54) is 12.1 Å². The molecule has 0 aliphatic rings. The van der Waals surface area contributed by atoms with E-state index in [4.69, 9.17) is 0 Å². The van der Waals surface area contributed by atoms with Crippen LogP contribution in [0.15, 0.2) is 23.1 Å². The highest BCUT2D eigenvalue weighted by Crippen LogP contribution is 2.14. The van der Waals surface area contributed by atoms with Gasteiger partial charge in [-0.1, -0.05) is 6.07 Å². The molecule has 78 valence electrons. The lowest BCUT2D eigenvalue weighted by molar-refractivity contribution is 0.586.